The summed E-state index contributed by atoms with van der Waals surface area (Å²) >= 11 is 0. The molecule has 6 rings (SSSR count). The Kier molecular flexibility index (Phi) is 3.96. The number of aromatic nitrogens is 3. The molecule has 0 amide bonds. The van der Waals surface area contributed by atoms with E-state index in [2.05, 4.69) is 74.8 Å². The Labute approximate surface area is 171 Å². The fourth-order valence-electron chi connectivity index (χ4n) is 5.17. The highest BCUT2D eigenvalue weighted by Crippen LogP contribution is 2.34. The Bertz CT molecular complexity index is 1170. The average Bonchev–Trinajstić information content (AvgIpc) is 3.18. The van der Waals surface area contributed by atoms with Gasteiger partial charge in [0.15, 0.2) is 5.82 Å². The van der Waals surface area contributed by atoms with Gasteiger partial charge in [-0.15, -0.1) is 0 Å². The summed E-state index contributed by atoms with van der Waals surface area (Å²) in [6.45, 7) is 3.07. The molecular formula is C25H26N4. The third-order valence-corrected chi connectivity index (χ3v) is 6.54. The van der Waals surface area contributed by atoms with E-state index in [-0.39, 0.29) is 0 Å². The maximum absolute atomic E-state index is 5.08. The van der Waals surface area contributed by atoms with Crippen LogP contribution >= 0.6 is 0 Å². The summed E-state index contributed by atoms with van der Waals surface area (Å²) in [4.78, 5) is 2.52. The van der Waals surface area contributed by atoms with Gasteiger partial charge in [0.05, 0.1) is 6.54 Å². The van der Waals surface area contributed by atoms with Crippen molar-refractivity contribution in [3.8, 4) is 11.1 Å². The zero-order valence-corrected chi connectivity index (χ0v) is 16.7. The van der Waals surface area contributed by atoms with E-state index in [0.29, 0.717) is 0 Å². The maximum Gasteiger partial charge on any atom is 0.151 e. The molecule has 0 atom stereocenters. The average molecular weight is 383 g/mol. The summed E-state index contributed by atoms with van der Waals surface area (Å²) in [6, 6.07) is 19.6. The van der Waals surface area contributed by atoms with E-state index in [0.717, 1.165) is 26.1 Å². The predicted octanol–water partition coefficient (Wildman–Crippen LogP) is 5.09. The van der Waals surface area contributed by atoms with Gasteiger partial charge in [-0.25, -0.2) is 4.52 Å². The molecule has 4 nitrogen and oxygen atoms in total. The van der Waals surface area contributed by atoms with Crippen LogP contribution in [0.25, 0.3) is 16.8 Å². The maximum atomic E-state index is 5.08. The van der Waals surface area contributed by atoms with Gasteiger partial charge in [-0.3, -0.25) is 0 Å². The van der Waals surface area contributed by atoms with Gasteiger partial charge < -0.3 is 9.47 Å². The van der Waals surface area contributed by atoms with Crippen LogP contribution in [0.15, 0.2) is 60.8 Å². The van der Waals surface area contributed by atoms with Gasteiger partial charge in [-0.05, 0) is 49.3 Å². The normalized spacial score (nSPS) is 16.1. The van der Waals surface area contributed by atoms with E-state index in [1.54, 1.807) is 0 Å². The van der Waals surface area contributed by atoms with Crippen molar-refractivity contribution in [2.45, 2.75) is 45.2 Å². The molecule has 0 spiro atoms. The predicted molar refractivity (Wildman–Crippen MR) is 117 cm³/mol. The Morgan fingerprint density at radius 3 is 2.62 bits per heavy atom. The highest BCUT2D eigenvalue weighted by molar-refractivity contribution is 5.75. The Morgan fingerprint density at radius 2 is 1.69 bits per heavy atom. The quantitative estimate of drug-likeness (QED) is 0.493. The number of nitrogens with zero attached hydrogens (tertiary/aromatic N) is 4. The van der Waals surface area contributed by atoms with Crippen LogP contribution in [0.1, 0.15) is 36.2 Å². The van der Waals surface area contributed by atoms with Gasteiger partial charge in [-0.1, -0.05) is 48.5 Å². The van der Waals surface area contributed by atoms with Gasteiger partial charge in [0.25, 0.3) is 0 Å². The number of benzene rings is 2. The monoisotopic (exact) mass is 382 g/mol. The molecule has 0 radical (unpaired) electrons. The van der Waals surface area contributed by atoms with Crippen LogP contribution in [-0.2, 0) is 25.9 Å². The number of para-hydroxylation sites is 1. The first kappa shape index (κ1) is 16.9. The van der Waals surface area contributed by atoms with Gasteiger partial charge in [0, 0.05) is 36.1 Å². The van der Waals surface area contributed by atoms with Gasteiger partial charge in [0.1, 0.15) is 5.65 Å². The molecular weight excluding hydrogens is 356 g/mol. The number of hydrogen-bond donors (Lipinski definition) is 0. The van der Waals surface area contributed by atoms with Gasteiger partial charge >= 0.3 is 0 Å². The van der Waals surface area contributed by atoms with Crippen molar-refractivity contribution in [2.75, 3.05) is 11.4 Å². The number of aryl methyl sites for hydroxylation is 3. The molecule has 4 aromatic rings. The largest absolute Gasteiger partial charge is 0.364 e. The number of fused-ring (bicyclic) bond motifs is 1. The Hall–Kier alpha value is -3.01. The second-order valence-electron chi connectivity index (χ2n) is 8.33. The fourth-order valence-corrected chi connectivity index (χ4v) is 5.17. The van der Waals surface area contributed by atoms with E-state index in [9.17, 15) is 0 Å². The van der Waals surface area contributed by atoms with Crippen LogP contribution in [-0.4, -0.2) is 20.7 Å². The number of rotatable bonds is 3. The van der Waals surface area contributed by atoms with Crippen molar-refractivity contribution in [2.24, 2.45) is 0 Å². The molecule has 0 saturated carbocycles. The van der Waals surface area contributed by atoms with Crippen molar-refractivity contribution in [3.63, 3.8) is 0 Å². The van der Waals surface area contributed by atoms with E-state index in [4.69, 9.17) is 5.10 Å². The van der Waals surface area contributed by atoms with E-state index >= 15 is 0 Å². The van der Waals surface area contributed by atoms with Crippen LogP contribution < -0.4 is 4.90 Å². The lowest BCUT2D eigenvalue weighted by atomic mass is 10.0. The highest BCUT2D eigenvalue weighted by atomic mass is 15.4. The van der Waals surface area contributed by atoms with Crippen molar-refractivity contribution < 1.29 is 0 Å². The topological polar surface area (TPSA) is 25.5 Å². The summed E-state index contributed by atoms with van der Waals surface area (Å²) in [5, 5.41) is 5.08. The summed E-state index contributed by atoms with van der Waals surface area (Å²) in [5.74, 6) is 1.19. The summed E-state index contributed by atoms with van der Waals surface area (Å²) in [7, 11) is 0. The van der Waals surface area contributed by atoms with E-state index < -0.39 is 0 Å². The van der Waals surface area contributed by atoms with E-state index in [1.807, 2.05) is 0 Å². The first-order chi connectivity index (χ1) is 14.4. The number of anilines is 1. The molecule has 0 bridgehead atoms. The van der Waals surface area contributed by atoms with Crippen molar-refractivity contribution >= 4 is 11.3 Å². The molecule has 2 aromatic carbocycles. The molecule has 0 N–H and O–H groups in total. The fraction of sp³-hybridized carbons (Fsp3) is 0.320. The van der Waals surface area contributed by atoms with Gasteiger partial charge in [0.2, 0.25) is 0 Å². The molecule has 4 heterocycles. The van der Waals surface area contributed by atoms with Gasteiger partial charge in [-0.2, -0.15) is 5.10 Å². The number of hydrogen-bond acceptors (Lipinski definition) is 2. The summed E-state index contributed by atoms with van der Waals surface area (Å²) in [5.41, 5.74) is 8.28. The lowest BCUT2D eigenvalue weighted by molar-refractivity contribution is 0.594. The van der Waals surface area contributed by atoms with Crippen LogP contribution in [0.3, 0.4) is 0 Å². The lowest BCUT2D eigenvalue weighted by Gasteiger charge is -2.31. The Balaban J connectivity index is 1.43. The van der Waals surface area contributed by atoms with Crippen molar-refractivity contribution in [1.29, 1.82) is 0 Å². The second kappa shape index (κ2) is 6.80. The third kappa shape index (κ3) is 2.78. The zero-order valence-electron chi connectivity index (χ0n) is 16.7. The molecule has 0 unspecified atom stereocenters. The SMILES string of the molecule is c1ccc(-c2cn3nc(CN4CCCc5ccccc54)n4c3c2CCCC4)cc1. The minimum absolute atomic E-state index is 0.888. The minimum atomic E-state index is 0.888. The first-order valence-corrected chi connectivity index (χ1v) is 10.9. The molecule has 2 aliphatic rings. The molecule has 4 heteroatoms. The summed E-state index contributed by atoms with van der Waals surface area (Å²) < 4.78 is 4.64. The van der Waals surface area contributed by atoms with Crippen molar-refractivity contribution in [1.82, 2.24) is 14.2 Å². The minimum Gasteiger partial charge on any atom is -0.364 e. The third-order valence-electron chi connectivity index (χ3n) is 6.54. The second-order valence-corrected chi connectivity index (χ2v) is 8.33. The molecule has 0 aliphatic carbocycles. The van der Waals surface area contributed by atoms with Crippen LogP contribution in [0, 0.1) is 0 Å². The van der Waals surface area contributed by atoms with Crippen LogP contribution in [0.5, 0.6) is 0 Å². The first-order valence-electron chi connectivity index (χ1n) is 10.9. The molecule has 2 aliphatic heterocycles. The van der Waals surface area contributed by atoms with E-state index in [1.165, 1.54) is 65.1 Å². The molecule has 0 saturated heterocycles. The Morgan fingerprint density at radius 1 is 0.828 bits per heavy atom. The lowest BCUT2D eigenvalue weighted by Crippen LogP contribution is -2.30. The van der Waals surface area contributed by atoms with Crippen LogP contribution in [0.4, 0.5) is 5.69 Å². The highest BCUT2D eigenvalue weighted by Gasteiger charge is 2.24. The van der Waals surface area contributed by atoms with Crippen LogP contribution in [0.2, 0.25) is 0 Å². The molecule has 29 heavy (non-hydrogen) atoms. The molecule has 146 valence electrons. The smallest absolute Gasteiger partial charge is 0.151 e. The molecule has 2 aromatic heterocycles. The zero-order chi connectivity index (χ0) is 19.2. The standard InChI is InChI=1S/C25H26N4/c1-2-9-19(10-3-1)22-17-29-25-21(22)13-6-7-16-28(25)24(26-29)18-27-15-8-12-20-11-4-5-14-23(20)27/h1-5,9-11,14,17H,6-8,12-13,15-16,18H2. The summed E-state index contributed by atoms with van der Waals surface area (Å²) in [6.07, 6.45) is 8.26. The molecule has 0 fully saturated rings. The van der Waals surface area contributed by atoms with Crippen molar-refractivity contribution in [3.05, 3.63) is 77.7 Å².